The highest BCUT2D eigenvalue weighted by molar-refractivity contribution is 8.00. The molecule has 0 saturated heterocycles. The summed E-state index contributed by atoms with van der Waals surface area (Å²) in [5, 5.41) is 24.2. The molecule has 1 atom stereocenters. The standard InChI is InChI=1S/C17H12Cl2N6OS/c1-10(16(26)21-13-5-2-11(9-20)15(19)8-13)27-17-22-23-24-25(17)14-6-3-12(18)4-7-14/h2-8,10H,1H3,(H,21,26). The molecule has 0 aliphatic rings. The first-order valence-electron chi connectivity index (χ1n) is 7.69. The molecule has 0 spiro atoms. The summed E-state index contributed by atoms with van der Waals surface area (Å²) >= 11 is 13.1. The van der Waals surface area contributed by atoms with Crippen LogP contribution in [0.25, 0.3) is 5.69 Å². The van der Waals surface area contributed by atoms with E-state index in [9.17, 15) is 4.79 Å². The van der Waals surface area contributed by atoms with Crippen molar-refractivity contribution in [2.24, 2.45) is 0 Å². The first-order chi connectivity index (χ1) is 13.0. The molecule has 136 valence electrons. The van der Waals surface area contributed by atoms with Gasteiger partial charge < -0.3 is 5.32 Å². The number of hydrogen-bond acceptors (Lipinski definition) is 6. The molecule has 7 nitrogen and oxygen atoms in total. The maximum Gasteiger partial charge on any atom is 0.237 e. The van der Waals surface area contributed by atoms with Crippen LogP contribution in [0.2, 0.25) is 10.0 Å². The number of anilines is 1. The summed E-state index contributed by atoms with van der Waals surface area (Å²) < 4.78 is 1.53. The van der Waals surface area contributed by atoms with Gasteiger partial charge in [0, 0.05) is 10.7 Å². The molecule has 1 N–H and O–H groups in total. The van der Waals surface area contributed by atoms with Crippen molar-refractivity contribution in [1.82, 2.24) is 20.2 Å². The minimum absolute atomic E-state index is 0.244. The lowest BCUT2D eigenvalue weighted by molar-refractivity contribution is -0.115. The number of tetrazole rings is 1. The first kappa shape index (κ1) is 19.2. The van der Waals surface area contributed by atoms with Crippen molar-refractivity contribution in [3.63, 3.8) is 0 Å². The first-order valence-corrected chi connectivity index (χ1v) is 9.33. The van der Waals surface area contributed by atoms with E-state index in [-0.39, 0.29) is 10.9 Å². The summed E-state index contributed by atoms with van der Waals surface area (Å²) in [6.45, 7) is 1.74. The fraction of sp³-hybridized carbons (Fsp3) is 0.118. The Hall–Kier alpha value is -2.60. The Morgan fingerprint density at radius 3 is 2.67 bits per heavy atom. The highest BCUT2D eigenvalue weighted by Gasteiger charge is 2.19. The zero-order valence-electron chi connectivity index (χ0n) is 13.9. The maximum atomic E-state index is 12.5. The third kappa shape index (κ3) is 4.57. The Kier molecular flexibility index (Phi) is 5.96. The van der Waals surface area contributed by atoms with Gasteiger partial charge in [-0.05, 0) is 59.8 Å². The lowest BCUT2D eigenvalue weighted by Gasteiger charge is -2.12. The van der Waals surface area contributed by atoms with Gasteiger partial charge in [0.1, 0.15) is 6.07 Å². The number of nitriles is 1. The largest absolute Gasteiger partial charge is 0.325 e. The molecule has 3 aromatic rings. The minimum Gasteiger partial charge on any atom is -0.325 e. The van der Waals surface area contributed by atoms with E-state index in [2.05, 4.69) is 20.8 Å². The van der Waals surface area contributed by atoms with Crippen LogP contribution >= 0.6 is 35.0 Å². The van der Waals surface area contributed by atoms with Crippen molar-refractivity contribution in [3.05, 3.63) is 58.1 Å². The van der Waals surface area contributed by atoms with Crippen molar-refractivity contribution >= 4 is 46.6 Å². The van der Waals surface area contributed by atoms with Gasteiger partial charge in [-0.1, -0.05) is 35.0 Å². The molecule has 0 saturated carbocycles. The molecule has 1 heterocycles. The number of halogens is 2. The monoisotopic (exact) mass is 418 g/mol. The lowest BCUT2D eigenvalue weighted by atomic mass is 10.2. The van der Waals surface area contributed by atoms with Crippen LogP contribution in [0, 0.1) is 11.3 Å². The van der Waals surface area contributed by atoms with Crippen LogP contribution in [0.5, 0.6) is 0 Å². The van der Waals surface area contributed by atoms with Gasteiger partial charge in [0.05, 0.1) is 21.5 Å². The SMILES string of the molecule is CC(Sc1nnnn1-c1ccc(Cl)cc1)C(=O)Nc1ccc(C#N)c(Cl)c1. The molecule has 0 bridgehead atoms. The molecule has 0 aliphatic carbocycles. The number of amides is 1. The number of aromatic nitrogens is 4. The van der Waals surface area contributed by atoms with Crippen molar-refractivity contribution < 1.29 is 4.79 Å². The van der Waals surface area contributed by atoms with Crippen LogP contribution in [0.3, 0.4) is 0 Å². The number of rotatable bonds is 5. The molecular weight excluding hydrogens is 407 g/mol. The normalized spacial score (nSPS) is 11.6. The molecule has 0 radical (unpaired) electrons. The van der Waals surface area contributed by atoms with Crippen LogP contribution in [-0.2, 0) is 4.79 Å². The number of nitrogens with zero attached hydrogens (tertiary/aromatic N) is 5. The van der Waals surface area contributed by atoms with E-state index < -0.39 is 5.25 Å². The van der Waals surface area contributed by atoms with Crippen LogP contribution in [0.15, 0.2) is 47.6 Å². The van der Waals surface area contributed by atoms with Crippen LogP contribution in [0.4, 0.5) is 5.69 Å². The van der Waals surface area contributed by atoms with E-state index in [1.165, 1.54) is 22.5 Å². The average molecular weight is 419 g/mol. The maximum absolute atomic E-state index is 12.5. The Labute approximate surface area is 169 Å². The van der Waals surface area contributed by atoms with E-state index in [0.717, 1.165) is 5.69 Å². The van der Waals surface area contributed by atoms with Crippen LogP contribution < -0.4 is 5.32 Å². The molecule has 27 heavy (non-hydrogen) atoms. The van der Waals surface area contributed by atoms with Gasteiger partial charge in [0.2, 0.25) is 11.1 Å². The van der Waals surface area contributed by atoms with Crippen LogP contribution in [0.1, 0.15) is 12.5 Å². The van der Waals surface area contributed by atoms with E-state index in [0.29, 0.717) is 21.4 Å². The smallest absolute Gasteiger partial charge is 0.237 e. The van der Waals surface area contributed by atoms with Crippen molar-refractivity contribution in [2.75, 3.05) is 5.32 Å². The second-order valence-corrected chi connectivity index (χ2v) is 7.56. The third-order valence-electron chi connectivity index (χ3n) is 3.52. The van der Waals surface area contributed by atoms with E-state index in [4.69, 9.17) is 28.5 Å². The zero-order chi connectivity index (χ0) is 19.4. The second kappa shape index (κ2) is 8.39. The van der Waals surface area contributed by atoms with Crippen molar-refractivity contribution in [1.29, 1.82) is 5.26 Å². The molecule has 1 unspecified atom stereocenters. The van der Waals surface area contributed by atoms with Gasteiger partial charge >= 0.3 is 0 Å². The van der Waals surface area contributed by atoms with Gasteiger partial charge in [0.25, 0.3) is 0 Å². The Balaban J connectivity index is 1.71. The Morgan fingerprint density at radius 1 is 1.26 bits per heavy atom. The molecule has 10 heteroatoms. The number of carbonyl (C=O) groups excluding carboxylic acids is 1. The summed E-state index contributed by atoms with van der Waals surface area (Å²) in [6.07, 6.45) is 0. The van der Waals surface area contributed by atoms with E-state index in [1.54, 1.807) is 43.3 Å². The molecule has 2 aromatic carbocycles. The summed E-state index contributed by atoms with van der Waals surface area (Å²) in [5.74, 6) is -0.244. The summed E-state index contributed by atoms with van der Waals surface area (Å²) in [6, 6.07) is 13.7. The molecular formula is C17H12Cl2N6OS. The number of hydrogen-bond donors (Lipinski definition) is 1. The molecule has 1 amide bonds. The molecule has 3 rings (SSSR count). The van der Waals surface area contributed by atoms with Gasteiger partial charge in [0.15, 0.2) is 0 Å². The number of thioether (sulfide) groups is 1. The highest BCUT2D eigenvalue weighted by Crippen LogP contribution is 2.25. The van der Waals surface area contributed by atoms with Gasteiger partial charge in [-0.3, -0.25) is 4.79 Å². The number of benzene rings is 2. The predicted octanol–water partition coefficient (Wildman–Crippen LogP) is 3.96. The fourth-order valence-corrected chi connectivity index (χ4v) is 3.29. The summed E-state index contributed by atoms with van der Waals surface area (Å²) in [7, 11) is 0. The number of carbonyl (C=O) groups is 1. The molecule has 0 fully saturated rings. The van der Waals surface area contributed by atoms with E-state index >= 15 is 0 Å². The van der Waals surface area contributed by atoms with Gasteiger partial charge in [-0.2, -0.15) is 9.94 Å². The fourth-order valence-electron chi connectivity index (χ4n) is 2.14. The second-order valence-electron chi connectivity index (χ2n) is 5.41. The quantitative estimate of drug-likeness (QED) is 0.629. The van der Waals surface area contributed by atoms with Crippen LogP contribution in [-0.4, -0.2) is 31.4 Å². The average Bonchev–Trinajstić information content (AvgIpc) is 3.10. The highest BCUT2D eigenvalue weighted by atomic mass is 35.5. The Bertz CT molecular complexity index is 1020. The summed E-state index contributed by atoms with van der Waals surface area (Å²) in [5.41, 5.74) is 1.59. The van der Waals surface area contributed by atoms with Gasteiger partial charge in [-0.15, -0.1) is 5.10 Å². The van der Waals surface area contributed by atoms with Gasteiger partial charge in [-0.25, -0.2) is 0 Å². The minimum atomic E-state index is -0.475. The summed E-state index contributed by atoms with van der Waals surface area (Å²) in [4.78, 5) is 12.5. The molecule has 1 aromatic heterocycles. The topological polar surface area (TPSA) is 96.5 Å². The van der Waals surface area contributed by atoms with Crippen molar-refractivity contribution in [2.45, 2.75) is 17.3 Å². The van der Waals surface area contributed by atoms with Crippen molar-refractivity contribution in [3.8, 4) is 11.8 Å². The lowest BCUT2D eigenvalue weighted by Crippen LogP contribution is -2.23. The number of nitrogens with one attached hydrogen (secondary N) is 1. The predicted molar refractivity (Wildman–Crippen MR) is 104 cm³/mol. The molecule has 0 aliphatic heterocycles. The van der Waals surface area contributed by atoms with E-state index in [1.807, 2.05) is 6.07 Å². The third-order valence-corrected chi connectivity index (χ3v) is 5.12. The zero-order valence-corrected chi connectivity index (χ0v) is 16.3. The Morgan fingerprint density at radius 2 is 2.00 bits per heavy atom.